The van der Waals surface area contributed by atoms with E-state index < -0.39 is 0 Å². The number of nitrogens with zero attached hydrogens (tertiary/aromatic N) is 1. The molecule has 3 nitrogen and oxygen atoms in total. The first-order valence-corrected chi connectivity index (χ1v) is 5.63. The molecule has 0 unspecified atom stereocenters. The first kappa shape index (κ1) is 9.48. The lowest BCUT2D eigenvalue weighted by atomic mass is 10.4. The van der Waals surface area contributed by atoms with E-state index in [1.54, 1.807) is 24.5 Å². The van der Waals surface area contributed by atoms with Crippen LogP contribution >= 0.6 is 23.1 Å². The monoisotopic (exact) mass is 225 g/mol. The maximum Gasteiger partial charge on any atom is 0.336 e. The second-order valence-corrected chi connectivity index (χ2v) is 4.84. The third-order valence-corrected chi connectivity index (χ3v) is 3.34. The van der Waals surface area contributed by atoms with Crippen molar-refractivity contribution in [1.82, 2.24) is 4.98 Å². The third kappa shape index (κ3) is 2.24. The SMILES string of the molecule is Cc1cc(Sc2nccs2)cc(=O)o1. The zero-order valence-electron chi connectivity index (χ0n) is 7.39. The van der Waals surface area contributed by atoms with Crippen LogP contribution in [0.5, 0.6) is 0 Å². The van der Waals surface area contributed by atoms with Gasteiger partial charge in [-0.3, -0.25) is 0 Å². The predicted octanol–water partition coefficient (Wildman–Crippen LogP) is 2.56. The Labute approximate surface area is 88.8 Å². The van der Waals surface area contributed by atoms with Crippen LogP contribution in [-0.4, -0.2) is 4.98 Å². The van der Waals surface area contributed by atoms with E-state index in [2.05, 4.69) is 4.98 Å². The minimum absolute atomic E-state index is 0.316. The van der Waals surface area contributed by atoms with Crippen molar-refractivity contribution in [2.24, 2.45) is 0 Å². The highest BCUT2D eigenvalue weighted by Gasteiger charge is 2.02. The van der Waals surface area contributed by atoms with E-state index in [9.17, 15) is 4.79 Å². The number of hydrogen-bond donors (Lipinski definition) is 0. The van der Waals surface area contributed by atoms with Gasteiger partial charge in [-0.1, -0.05) is 11.8 Å². The molecule has 0 N–H and O–H groups in total. The molecule has 0 aliphatic rings. The van der Waals surface area contributed by atoms with Crippen LogP contribution in [-0.2, 0) is 0 Å². The second kappa shape index (κ2) is 3.98. The van der Waals surface area contributed by atoms with Gasteiger partial charge in [0.15, 0.2) is 4.34 Å². The van der Waals surface area contributed by atoms with Gasteiger partial charge in [-0.2, -0.15) is 0 Å². The van der Waals surface area contributed by atoms with Crippen molar-refractivity contribution in [1.29, 1.82) is 0 Å². The van der Waals surface area contributed by atoms with Gasteiger partial charge in [-0.15, -0.1) is 11.3 Å². The van der Waals surface area contributed by atoms with Crippen molar-refractivity contribution < 1.29 is 4.42 Å². The van der Waals surface area contributed by atoms with Crippen LogP contribution in [0.4, 0.5) is 0 Å². The maximum absolute atomic E-state index is 11.0. The van der Waals surface area contributed by atoms with Gasteiger partial charge in [0.25, 0.3) is 0 Å². The highest BCUT2D eigenvalue weighted by Crippen LogP contribution is 2.28. The summed E-state index contributed by atoms with van der Waals surface area (Å²) in [4.78, 5) is 16.0. The average Bonchev–Trinajstić information content (AvgIpc) is 2.54. The molecule has 0 radical (unpaired) electrons. The molecule has 0 atom stereocenters. The molecule has 2 aromatic rings. The van der Waals surface area contributed by atoms with Crippen LogP contribution in [0.15, 0.2) is 42.2 Å². The summed E-state index contributed by atoms with van der Waals surface area (Å²) in [5.41, 5.74) is -0.316. The van der Waals surface area contributed by atoms with E-state index in [1.807, 2.05) is 11.4 Å². The van der Waals surface area contributed by atoms with Crippen molar-refractivity contribution in [2.45, 2.75) is 16.2 Å². The largest absolute Gasteiger partial charge is 0.428 e. The summed E-state index contributed by atoms with van der Waals surface area (Å²) in [7, 11) is 0. The van der Waals surface area contributed by atoms with Gasteiger partial charge >= 0.3 is 5.63 Å². The highest BCUT2D eigenvalue weighted by atomic mass is 32.2. The van der Waals surface area contributed by atoms with Gasteiger partial charge < -0.3 is 4.42 Å². The third-order valence-electron chi connectivity index (χ3n) is 1.48. The van der Waals surface area contributed by atoms with E-state index in [0.717, 1.165) is 9.24 Å². The Kier molecular flexibility index (Phi) is 2.69. The van der Waals surface area contributed by atoms with Crippen molar-refractivity contribution in [3.05, 3.63) is 39.9 Å². The fraction of sp³-hybridized carbons (Fsp3) is 0.111. The molecule has 0 spiro atoms. The lowest BCUT2D eigenvalue weighted by Crippen LogP contribution is -1.97. The molecular weight excluding hydrogens is 218 g/mol. The minimum Gasteiger partial charge on any atom is -0.428 e. The van der Waals surface area contributed by atoms with Crippen LogP contribution in [0.25, 0.3) is 0 Å². The number of thiazole rings is 1. The molecule has 0 aromatic carbocycles. The fourth-order valence-corrected chi connectivity index (χ4v) is 2.70. The summed E-state index contributed by atoms with van der Waals surface area (Å²) in [6.45, 7) is 1.76. The molecule has 5 heteroatoms. The molecule has 2 rings (SSSR count). The summed E-state index contributed by atoms with van der Waals surface area (Å²) in [5.74, 6) is 0.622. The Bertz CT molecular complexity index is 476. The molecule has 0 saturated carbocycles. The predicted molar refractivity (Wildman–Crippen MR) is 56.0 cm³/mol. The number of aromatic nitrogens is 1. The van der Waals surface area contributed by atoms with Crippen LogP contribution in [0.3, 0.4) is 0 Å². The van der Waals surface area contributed by atoms with Crippen LogP contribution < -0.4 is 5.63 Å². The Hall–Kier alpha value is -1.07. The summed E-state index contributed by atoms with van der Waals surface area (Å²) in [6, 6.07) is 3.30. The van der Waals surface area contributed by atoms with Gasteiger partial charge in [-0.25, -0.2) is 9.78 Å². The lowest BCUT2D eigenvalue weighted by Gasteiger charge is -1.96. The molecule has 72 valence electrons. The summed E-state index contributed by atoms with van der Waals surface area (Å²) in [5, 5.41) is 1.90. The van der Waals surface area contributed by atoms with Crippen molar-refractivity contribution in [3.63, 3.8) is 0 Å². The van der Waals surface area contributed by atoms with E-state index in [-0.39, 0.29) is 5.63 Å². The quantitative estimate of drug-likeness (QED) is 0.787. The average molecular weight is 225 g/mol. The normalized spacial score (nSPS) is 10.4. The van der Waals surface area contributed by atoms with Gasteiger partial charge in [0.1, 0.15) is 5.76 Å². The molecule has 14 heavy (non-hydrogen) atoms. The fourth-order valence-electron chi connectivity index (χ4n) is 0.996. The van der Waals surface area contributed by atoms with E-state index in [0.29, 0.717) is 5.76 Å². The second-order valence-electron chi connectivity index (χ2n) is 2.62. The standard InChI is InChI=1S/C9H7NO2S2/c1-6-4-7(5-8(11)12-6)14-9-10-2-3-13-9/h2-5H,1H3. The molecule has 0 aliphatic heterocycles. The molecule has 2 aromatic heterocycles. The van der Waals surface area contributed by atoms with Crippen LogP contribution in [0.2, 0.25) is 0 Å². The van der Waals surface area contributed by atoms with E-state index in [1.165, 1.54) is 17.8 Å². The molecular formula is C9H7NO2S2. The summed E-state index contributed by atoms with van der Waals surface area (Å²) < 4.78 is 5.78. The Morgan fingerprint density at radius 3 is 3.00 bits per heavy atom. The molecule has 0 bridgehead atoms. The van der Waals surface area contributed by atoms with Crippen molar-refractivity contribution in [2.75, 3.05) is 0 Å². The van der Waals surface area contributed by atoms with E-state index in [4.69, 9.17) is 4.42 Å². The maximum atomic E-state index is 11.0. The van der Waals surface area contributed by atoms with Gasteiger partial charge in [-0.05, 0) is 13.0 Å². The van der Waals surface area contributed by atoms with Crippen molar-refractivity contribution in [3.8, 4) is 0 Å². The topological polar surface area (TPSA) is 43.1 Å². The van der Waals surface area contributed by atoms with Gasteiger partial charge in [0, 0.05) is 22.5 Å². The number of hydrogen-bond acceptors (Lipinski definition) is 5. The minimum atomic E-state index is -0.316. The first-order chi connectivity index (χ1) is 6.74. The zero-order chi connectivity index (χ0) is 9.97. The summed E-state index contributed by atoms with van der Waals surface area (Å²) in [6.07, 6.45) is 1.74. The van der Waals surface area contributed by atoms with Crippen LogP contribution in [0, 0.1) is 6.92 Å². The lowest BCUT2D eigenvalue weighted by molar-refractivity contribution is 0.475. The first-order valence-electron chi connectivity index (χ1n) is 3.93. The van der Waals surface area contributed by atoms with Gasteiger partial charge in [0.05, 0.1) is 0 Å². The Balaban J connectivity index is 2.29. The molecule has 2 heterocycles. The van der Waals surface area contributed by atoms with Crippen molar-refractivity contribution >= 4 is 23.1 Å². The highest BCUT2D eigenvalue weighted by molar-refractivity contribution is 8.01. The smallest absolute Gasteiger partial charge is 0.336 e. The molecule has 0 saturated heterocycles. The number of aryl methyl sites for hydroxylation is 1. The summed E-state index contributed by atoms with van der Waals surface area (Å²) >= 11 is 3.02. The Morgan fingerprint density at radius 2 is 2.36 bits per heavy atom. The molecule has 0 amide bonds. The van der Waals surface area contributed by atoms with E-state index >= 15 is 0 Å². The zero-order valence-corrected chi connectivity index (χ0v) is 9.02. The molecule has 0 fully saturated rings. The number of rotatable bonds is 2. The Morgan fingerprint density at radius 1 is 1.50 bits per heavy atom. The van der Waals surface area contributed by atoms with Gasteiger partial charge in [0.2, 0.25) is 0 Å². The van der Waals surface area contributed by atoms with Crippen LogP contribution in [0.1, 0.15) is 5.76 Å². The molecule has 0 aliphatic carbocycles.